The first-order valence-electron chi connectivity index (χ1n) is 9.19. The molecular formula is C23H22F2N2O3. The van der Waals surface area contributed by atoms with Gasteiger partial charge >= 0.3 is 6.61 Å². The van der Waals surface area contributed by atoms with Crippen LogP contribution in [0.3, 0.4) is 0 Å². The van der Waals surface area contributed by atoms with Crippen LogP contribution in [0.1, 0.15) is 10.4 Å². The van der Waals surface area contributed by atoms with E-state index in [1.165, 1.54) is 12.1 Å². The molecule has 5 nitrogen and oxygen atoms in total. The van der Waals surface area contributed by atoms with Crippen molar-refractivity contribution in [3.63, 3.8) is 0 Å². The summed E-state index contributed by atoms with van der Waals surface area (Å²) in [6.07, 6.45) is 0. The van der Waals surface area contributed by atoms with Crippen molar-refractivity contribution in [1.82, 2.24) is 0 Å². The molecule has 0 atom stereocenters. The van der Waals surface area contributed by atoms with Crippen LogP contribution in [0.5, 0.6) is 11.5 Å². The molecule has 0 aliphatic carbocycles. The summed E-state index contributed by atoms with van der Waals surface area (Å²) in [4.78, 5) is 14.5. The Morgan fingerprint density at radius 3 is 2.20 bits per heavy atom. The summed E-state index contributed by atoms with van der Waals surface area (Å²) in [6, 6.07) is 18.6. The van der Waals surface area contributed by atoms with E-state index in [2.05, 4.69) is 10.1 Å². The van der Waals surface area contributed by atoms with Crippen molar-refractivity contribution < 1.29 is 23.0 Å². The fourth-order valence-corrected chi connectivity index (χ4v) is 2.92. The minimum atomic E-state index is -2.96. The summed E-state index contributed by atoms with van der Waals surface area (Å²) in [7, 11) is 5.37. The smallest absolute Gasteiger partial charge is 0.387 e. The van der Waals surface area contributed by atoms with E-state index < -0.39 is 6.61 Å². The first-order chi connectivity index (χ1) is 14.4. The highest BCUT2D eigenvalue weighted by Crippen LogP contribution is 2.34. The number of benzene rings is 3. The van der Waals surface area contributed by atoms with Gasteiger partial charge in [0.05, 0.1) is 7.11 Å². The fourth-order valence-electron chi connectivity index (χ4n) is 2.92. The van der Waals surface area contributed by atoms with E-state index in [1.807, 2.05) is 31.1 Å². The highest BCUT2D eigenvalue weighted by Gasteiger charge is 2.14. The minimum Gasteiger partial charge on any atom is -0.497 e. The second-order valence-corrected chi connectivity index (χ2v) is 6.71. The third kappa shape index (κ3) is 5.05. The van der Waals surface area contributed by atoms with Crippen LogP contribution < -0.4 is 19.7 Å². The number of hydrogen-bond acceptors (Lipinski definition) is 4. The number of ether oxygens (including phenoxy) is 2. The molecule has 0 radical (unpaired) electrons. The van der Waals surface area contributed by atoms with Crippen LogP contribution in [-0.4, -0.2) is 33.7 Å². The molecule has 0 unspecified atom stereocenters. The third-order valence-electron chi connectivity index (χ3n) is 4.50. The van der Waals surface area contributed by atoms with E-state index >= 15 is 0 Å². The number of carbonyl (C=O) groups excluding carboxylic acids is 1. The Bertz CT molecular complexity index is 1000. The van der Waals surface area contributed by atoms with Crippen LogP contribution in [0.25, 0.3) is 11.1 Å². The van der Waals surface area contributed by atoms with Crippen molar-refractivity contribution in [2.45, 2.75) is 6.61 Å². The molecule has 3 aromatic carbocycles. The molecule has 0 aliphatic heterocycles. The molecule has 3 rings (SSSR count). The topological polar surface area (TPSA) is 50.8 Å². The number of alkyl halides is 2. The molecule has 1 amide bonds. The largest absolute Gasteiger partial charge is 0.497 e. The fraction of sp³-hybridized carbons (Fsp3) is 0.174. The van der Waals surface area contributed by atoms with Gasteiger partial charge in [-0.1, -0.05) is 12.1 Å². The second-order valence-electron chi connectivity index (χ2n) is 6.71. The molecule has 0 bridgehead atoms. The van der Waals surface area contributed by atoms with Crippen molar-refractivity contribution >= 4 is 17.3 Å². The van der Waals surface area contributed by atoms with Gasteiger partial charge in [-0.15, -0.1) is 0 Å². The van der Waals surface area contributed by atoms with Crippen molar-refractivity contribution in [3.05, 3.63) is 72.3 Å². The van der Waals surface area contributed by atoms with Crippen molar-refractivity contribution in [2.75, 3.05) is 31.4 Å². The van der Waals surface area contributed by atoms with Crippen LogP contribution in [0.15, 0.2) is 66.7 Å². The lowest BCUT2D eigenvalue weighted by molar-refractivity contribution is -0.0494. The zero-order valence-electron chi connectivity index (χ0n) is 16.9. The van der Waals surface area contributed by atoms with Crippen LogP contribution in [0.4, 0.5) is 20.2 Å². The Labute approximate surface area is 173 Å². The molecule has 0 fully saturated rings. The van der Waals surface area contributed by atoms with Gasteiger partial charge in [-0.25, -0.2) is 0 Å². The second kappa shape index (κ2) is 9.26. The summed E-state index contributed by atoms with van der Waals surface area (Å²) < 4.78 is 35.5. The molecule has 0 aliphatic rings. The maximum atomic E-state index is 12.8. The van der Waals surface area contributed by atoms with E-state index in [0.29, 0.717) is 28.1 Å². The predicted octanol–water partition coefficient (Wildman–Crippen LogP) is 5.28. The lowest BCUT2D eigenvalue weighted by Gasteiger charge is -2.15. The van der Waals surface area contributed by atoms with Crippen molar-refractivity contribution in [2.24, 2.45) is 0 Å². The zero-order chi connectivity index (χ0) is 21.7. The van der Waals surface area contributed by atoms with Crippen molar-refractivity contribution in [1.29, 1.82) is 0 Å². The number of halogens is 2. The molecule has 3 aromatic rings. The van der Waals surface area contributed by atoms with E-state index in [4.69, 9.17) is 4.74 Å². The quantitative estimate of drug-likeness (QED) is 0.574. The minimum absolute atomic E-state index is 0.0171. The Kier molecular flexibility index (Phi) is 6.51. The van der Waals surface area contributed by atoms with Gasteiger partial charge < -0.3 is 19.7 Å². The average molecular weight is 412 g/mol. The van der Waals surface area contributed by atoms with Crippen LogP contribution >= 0.6 is 0 Å². The Morgan fingerprint density at radius 1 is 0.967 bits per heavy atom. The lowest BCUT2D eigenvalue weighted by atomic mass is 10.0. The Morgan fingerprint density at radius 2 is 1.63 bits per heavy atom. The standard InChI is InChI=1S/C23H22F2N2O3/c1-27(2)18-9-4-16(5-10-18)22(28)26-17-8-13-21(30-23(24)25)20(14-17)15-6-11-19(29-3)12-7-15/h4-14,23H,1-3H3,(H,26,28). The number of amides is 1. The Balaban J connectivity index is 1.88. The molecule has 7 heteroatoms. The summed E-state index contributed by atoms with van der Waals surface area (Å²) in [5, 5.41) is 2.80. The number of nitrogens with one attached hydrogen (secondary N) is 1. The first kappa shape index (κ1) is 21.1. The number of anilines is 2. The normalized spacial score (nSPS) is 10.6. The van der Waals surface area contributed by atoms with Crippen LogP contribution in [0, 0.1) is 0 Å². The van der Waals surface area contributed by atoms with Gasteiger partial charge in [-0.2, -0.15) is 8.78 Å². The van der Waals surface area contributed by atoms with Gasteiger partial charge in [0.2, 0.25) is 0 Å². The summed E-state index contributed by atoms with van der Waals surface area (Å²) in [5.41, 5.74) is 3.00. The van der Waals surface area contributed by atoms with E-state index in [-0.39, 0.29) is 11.7 Å². The van der Waals surface area contributed by atoms with Crippen molar-refractivity contribution in [3.8, 4) is 22.6 Å². The number of nitrogens with zero attached hydrogens (tertiary/aromatic N) is 1. The van der Waals surface area contributed by atoms with Crippen LogP contribution in [-0.2, 0) is 0 Å². The van der Waals surface area contributed by atoms with Gasteiger partial charge in [-0.3, -0.25) is 4.79 Å². The monoisotopic (exact) mass is 412 g/mol. The molecule has 0 heterocycles. The number of carbonyl (C=O) groups is 1. The molecule has 0 aromatic heterocycles. The average Bonchev–Trinajstić information content (AvgIpc) is 2.74. The maximum Gasteiger partial charge on any atom is 0.387 e. The van der Waals surface area contributed by atoms with Gasteiger partial charge in [-0.05, 0) is 60.2 Å². The molecule has 1 N–H and O–H groups in total. The SMILES string of the molecule is COc1ccc(-c2cc(NC(=O)c3ccc(N(C)C)cc3)ccc2OC(F)F)cc1. The lowest BCUT2D eigenvalue weighted by Crippen LogP contribution is -2.13. The predicted molar refractivity (Wildman–Crippen MR) is 114 cm³/mol. The van der Waals surface area contributed by atoms with E-state index in [1.54, 1.807) is 49.6 Å². The van der Waals surface area contributed by atoms with Gasteiger partial charge in [0.25, 0.3) is 5.91 Å². The molecular weight excluding hydrogens is 390 g/mol. The summed E-state index contributed by atoms with van der Waals surface area (Å²) in [6.45, 7) is -2.96. The molecule has 0 saturated heterocycles. The third-order valence-corrected chi connectivity index (χ3v) is 4.50. The molecule has 156 valence electrons. The molecule has 30 heavy (non-hydrogen) atoms. The zero-order valence-corrected chi connectivity index (χ0v) is 16.9. The molecule has 0 spiro atoms. The summed E-state index contributed by atoms with van der Waals surface area (Å²) >= 11 is 0. The number of hydrogen-bond donors (Lipinski definition) is 1. The van der Waals surface area contributed by atoms with E-state index in [0.717, 1.165) is 5.69 Å². The molecule has 0 saturated carbocycles. The maximum absolute atomic E-state index is 12.8. The van der Waals surface area contributed by atoms with Gasteiger partial charge in [0, 0.05) is 36.6 Å². The van der Waals surface area contributed by atoms with Crippen LogP contribution in [0.2, 0.25) is 0 Å². The highest BCUT2D eigenvalue weighted by molar-refractivity contribution is 6.04. The van der Waals surface area contributed by atoms with Gasteiger partial charge in [0.15, 0.2) is 0 Å². The number of rotatable bonds is 7. The Hall–Kier alpha value is -3.61. The van der Waals surface area contributed by atoms with Gasteiger partial charge in [0.1, 0.15) is 11.5 Å². The highest BCUT2D eigenvalue weighted by atomic mass is 19.3. The first-order valence-corrected chi connectivity index (χ1v) is 9.19. The van der Waals surface area contributed by atoms with E-state index in [9.17, 15) is 13.6 Å². The summed E-state index contributed by atoms with van der Waals surface area (Å²) in [5.74, 6) is 0.354. The number of methoxy groups -OCH3 is 1.